The van der Waals surface area contributed by atoms with Crippen LogP contribution in [0.5, 0.6) is 0 Å². The van der Waals surface area contributed by atoms with E-state index in [4.69, 9.17) is 0 Å². The van der Waals surface area contributed by atoms with Gasteiger partial charge in [0.1, 0.15) is 0 Å². The molecule has 8 aromatic carbocycles. The standard InChI is InChI=1S/C55H56N2Si2/c1-37-21-23-39(3)53(29-37)56(45-17-13-11-14-18-45)47-27-25-41-33-49-50-34-42-26-28-48(57(46-19-15-12-16-20-46)54-30-38(2)22-24-40(54)4)32-44(42)36-52(50)55(58(5,6)7,59(8,9)10)51(49)35-43(41)31-47/h11-36H,1-10H3. The van der Waals surface area contributed by atoms with Crippen LogP contribution in [0.15, 0.2) is 158 Å². The summed E-state index contributed by atoms with van der Waals surface area (Å²) in [6, 6.07) is 59.8. The number of rotatable bonds is 8. The summed E-state index contributed by atoms with van der Waals surface area (Å²) in [5.74, 6) is 0. The summed E-state index contributed by atoms with van der Waals surface area (Å²) in [6.45, 7) is 24.6. The number of aryl methyl sites for hydroxylation is 4. The number of nitrogens with zero attached hydrogens (tertiary/aromatic N) is 2. The first kappa shape index (κ1) is 38.8. The van der Waals surface area contributed by atoms with Gasteiger partial charge in [0.15, 0.2) is 0 Å². The normalized spacial score (nSPS) is 13.4. The molecule has 0 saturated heterocycles. The van der Waals surface area contributed by atoms with Gasteiger partial charge in [-0.3, -0.25) is 0 Å². The third-order valence-corrected chi connectivity index (χ3v) is 23.1. The predicted octanol–water partition coefficient (Wildman–Crippen LogP) is 16.2. The molecule has 1 aliphatic rings. The second kappa shape index (κ2) is 14.3. The highest BCUT2D eigenvalue weighted by Crippen LogP contribution is 2.59. The van der Waals surface area contributed by atoms with Crippen molar-refractivity contribution < 1.29 is 0 Å². The zero-order valence-corrected chi connectivity index (χ0v) is 38.4. The molecule has 0 spiro atoms. The lowest BCUT2D eigenvalue weighted by molar-refractivity contribution is 0.956. The maximum atomic E-state index is 2.63. The van der Waals surface area contributed by atoms with Gasteiger partial charge in [0.2, 0.25) is 0 Å². The van der Waals surface area contributed by atoms with Crippen LogP contribution in [-0.4, -0.2) is 16.1 Å². The van der Waals surface area contributed by atoms with Gasteiger partial charge in [-0.05, 0) is 167 Å². The summed E-state index contributed by atoms with van der Waals surface area (Å²) in [5, 5.41) is 5.19. The van der Waals surface area contributed by atoms with Crippen LogP contribution in [0.1, 0.15) is 33.4 Å². The van der Waals surface area contributed by atoms with Crippen molar-refractivity contribution >= 4 is 71.8 Å². The molecule has 0 atom stereocenters. The highest BCUT2D eigenvalue weighted by molar-refractivity contribution is 6.99. The maximum absolute atomic E-state index is 2.63. The van der Waals surface area contributed by atoms with Gasteiger partial charge < -0.3 is 9.80 Å². The van der Waals surface area contributed by atoms with Gasteiger partial charge in [-0.25, -0.2) is 0 Å². The van der Waals surface area contributed by atoms with Crippen LogP contribution in [0, 0.1) is 27.7 Å². The Morgan fingerprint density at radius 2 is 0.746 bits per heavy atom. The fourth-order valence-corrected chi connectivity index (χ4v) is 23.8. The van der Waals surface area contributed by atoms with Gasteiger partial charge in [0, 0.05) is 38.8 Å². The van der Waals surface area contributed by atoms with Gasteiger partial charge in [-0.2, -0.15) is 0 Å². The number of benzene rings is 8. The lowest BCUT2D eigenvalue weighted by atomic mass is 9.97. The summed E-state index contributed by atoms with van der Waals surface area (Å²) < 4.78 is -0.00243. The number of para-hydroxylation sites is 2. The average Bonchev–Trinajstić information content (AvgIpc) is 3.49. The third kappa shape index (κ3) is 6.36. The zero-order chi connectivity index (χ0) is 41.4. The second-order valence-electron chi connectivity index (χ2n) is 19.0. The molecule has 0 fully saturated rings. The predicted molar refractivity (Wildman–Crippen MR) is 263 cm³/mol. The Morgan fingerprint density at radius 1 is 0.356 bits per heavy atom. The minimum absolute atomic E-state index is 0.00243. The Labute approximate surface area is 353 Å². The highest BCUT2D eigenvalue weighted by atomic mass is 28.4. The summed E-state index contributed by atoms with van der Waals surface area (Å²) in [5.41, 5.74) is 18.1. The van der Waals surface area contributed by atoms with Crippen LogP contribution >= 0.6 is 0 Å². The Morgan fingerprint density at radius 3 is 1.12 bits per heavy atom. The molecule has 4 heteroatoms. The van der Waals surface area contributed by atoms with Gasteiger partial charge in [0.05, 0.1) is 16.1 Å². The van der Waals surface area contributed by atoms with E-state index in [0.29, 0.717) is 0 Å². The van der Waals surface area contributed by atoms with E-state index >= 15 is 0 Å². The molecule has 0 saturated carbocycles. The van der Waals surface area contributed by atoms with Crippen molar-refractivity contribution in [3.05, 3.63) is 191 Å². The zero-order valence-electron chi connectivity index (χ0n) is 36.4. The van der Waals surface area contributed by atoms with Crippen molar-refractivity contribution in [1.82, 2.24) is 0 Å². The first-order valence-electron chi connectivity index (χ1n) is 21.2. The molecule has 59 heavy (non-hydrogen) atoms. The van der Waals surface area contributed by atoms with E-state index in [1.807, 2.05) is 0 Å². The molecule has 0 radical (unpaired) electrons. The van der Waals surface area contributed by atoms with Gasteiger partial charge in [-0.1, -0.05) is 124 Å². The Hall–Kier alpha value is -5.69. The molecule has 8 aromatic rings. The van der Waals surface area contributed by atoms with Gasteiger partial charge in [0.25, 0.3) is 0 Å². The second-order valence-corrected chi connectivity index (χ2v) is 30.0. The molecule has 1 aliphatic carbocycles. The van der Waals surface area contributed by atoms with E-state index < -0.39 is 16.1 Å². The Kier molecular flexibility index (Phi) is 9.37. The van der Waals surface area contributed by atoms with Crippen molar-refractivity contribution in [2.45, 2.75) is 71.6 Å². The molecule has 0 N–H and O–H groups in total. The van der Waals surface area contributed by atoms with Crippen molar-refractivity contribution in [2.75, 3.05) is 9.80 Å². The number of fused-ring (bicyclic) bond motifs is 5. The Bertz CT molecular complexity index is 2700. The minimum Gasteiger partial charge on any atom is -0.310 e. The molecule has 9 rings (SSSR count). The third-order valence-electron chi connectivity index (χ3n) is 13.0. The quantitative estimate of drug-likeness (QED) is 0.141. The van der Waals surface area contributed by atoms with Crippen LogP contribution in [0.3, 0.4) is 0 Å². The number of hydrogen-bond donors (Lipinski definition) is 0. The molecular weight excluding hydrogens is 745 g/mol. The molecule has 0 amide bonds. The minimum atomic E-state index is -1.96. The Balaban J connectivity index is 1.26. The van der Waals surface area contributed by atoms with E-state index in [1.54, 1.807) is 11.1 Å². The van der Waals surface area contributed by atoms with Crippen LogP contribution in [0.25, 0.3) is 32.7 Å². The smallest absolute Gasteiger partial charge is 0.0579 e. The molecule has 2 nitrogen and oxygen atoms in total. The lowest BCUT2D eigenvalue weighted by Gasteiger charge is -2.51. The fraction of sp³-hybridized carbons (Fsp3) is 0.200. The van der Waals surface area contributed by atoms with E-state index in [2.05, 4.69) is 235 Å². The molecule has 0 aliphatic heterocycles. The monoisotopic (exact) mass is 800 g/mol. The molecule has 0 unspecified atom stereocenters. The summed E-state index contributed by atoms with van der Waals surface area (Å²) in [7, 11) is -3.91. The van der Waals surface area contributed by atoms with Crippen molar-refractivity contribution in [2.24, 2.45) is 0 Å². The van der Waals surface area contributed by atoms with E-state index in [0.717, 1.165) is 0 Å². The first-order valence-corrected chi connectivity index (χ1v) is 28.2. The van der Waals surface area contributed by atoms with Crippen molar-refractivity contribution in [1.29, 1.82) is 0 Å². The fourth-order valence-electron chi connectivity index (χ4n) is 10.7. The topological polar surface area (TPSA) is 6.48 Å². The van der Waals surface area contributed by atoms with E-state index in [1.165, 1.54) is 89.0 Å². The average molecular weight is 801 g/mol. The summed E-state index contributed by atoms with van der Waals surface area (Å²) >= 11 is 0. The van der Waals surface area contributed by atoms with Crippen LogP contribution < -0.4 is 9.80 Å². The van der Waals surface area contributed by atoms with Crippen LogP contribution in [-0.2, 0) is 4.66 Å². The largest absolute Gasteiger partial charge is 0.310 e. The number of anilines is 6. The highest BCUT2D eigenvalue weighted by Gasteiger charge is 2.59. The summed E-state index contributed by atoms with van der Waals surface area (Å²) in [4.78, 5) is 4.88. The van der Waals surface area contributed by atoms with E-state index in [9.17, 15) is 0 Å². The molecule has 0 bridgehead atoms. The van der Waals surface area contributed by atoms with Crippen molar-refractivity contribution in [3.63, 3.8) is 0 Å². The van der Waals surface area contributed by atoms with Gasteiger partial charge >= 0.3 is 0 Å². The summed E-state index contributed by atoms with van der Waals surface area (Å²) in [6.07, 6.45) is 0. The first-order chi connectivity index (χ1) is 28.2. The van der Waals surface area contributed by atoms with E-state index in [-0.39, 0.29) is 4.66 Å². The lowest BCUT2D eigenvalue weighted by Crippen LogP contribution is -2.63. The maximum Gasteiger partial charge on any atom is 0.0579 e. The van der Waals surface area contributed by atoms with Gasteiger partial charge in [-0.15, -0.1) is 0 Å². The number of hydrogen-bond acceptors (Lipinski definition) is 2. The molecule has 294 valence electrons. The molecule has 0 aromatic heterocycles. The molecule has 0 heterocycles. The van der Waals surface area contributed by atoms with Crippen molar-refractivity contribution in [3.8, 4) is 11.1 Å². The SMILES string of the molecule is Cc1ccc(C)c(N(c2ccccc2)c2ccc3cc4c(cc3c2)C([Si](C)(C)C)([Si](C)(C)C)c2cc3cc(N(c5ccccc5)c5cc(C)ccc5C)ccc3cc2-4)c1. The van der Waals surface area contributed by atoms with Crippen LogP contribution in [0.4, 0.5) is 34.1 Å². The van der Waals surface area contributed by atoms with Crippen LogP contribution in [0.2, 0.25) is 39.3 Å². The molecular formula is C55H56N2Si2.